The van der Waals surface area contributed by atoms with Crippen LogP contribution in [0.25, 0.3) is 10.4 Å². The number of rotatable bonds is 3. The normalized spacial score (nSPS) is 10.4. The highest BCUT2D eigenvalue weighted by atomic mass is 32.1. The van der Waals surface area contributed by atoms with Crippen molar-refractivity contribution in [2.24, 2.45) is 0 Å². The van der Waals surface area contributed by atoms with Gasteiger partial charge in [0.2, 0.25) is 0 Å². The van der Waals surface area contributed by atoms with E-state index in [0.717, 1.165) is 16.1 Å². The summed E-state index contributed by atoms with van der Waals surface area (Å²) in [4.78, 5) is 17.5. The van der Waals surface area contributed by atoms with E-state index in [2.05, 4.69) is 10.3 Å². The fourth-order valence-corrected chi connectivity index (χ4v) is 2.78. The molecule has 0 radical (unpaired) electrons. The summed E-state index contributed by atoms with van der Waals surface area (Å²) in [6, 6.07) is 13.2. The highest BCUT2D eigenvalue weighted by Crippen LogP contribution is 2.30. The number of nitrogens with one attached hydrogen (secondary N) is 1. The number of amides is 1. The fraction of sp³-hybridized carbons (Fsp3) is 0.0588. The standard InChI is InChI=1S/C17H15N3OS/c1-11-4-5-13(10-19-11)17(21)20-15-9-12(6-7-14(15)18)16-3-2-8-22-16/h2-10H,18H2,1H3,(H,20,21). The molecule has 3 N–H and O–H groups in total. The van der Waals surface area contributed by atoms with E-state index in [1.165, 1.54) is 0 Å². The Hall–Kier alpha value is -2.66. The Labute approximate surface area is 132 Å². The molecule has 0 saturated carbocycles. The van der Waals surface area contributed by atoms with E-state index < -0.39 is 0 Å². The zero-order chi connectivity index (χ0) is 15.5. The monoisotopic (exact) mass is 309 g/mol. The lowest BCUT2D eigenvalue weighted by Gasteiger charge is -2.10. The van der Waals surface area contributed by atoms with Crippen molar-refractivity contribution < 1.29 is 4.79 Å². The van der Waals surface area contributed by atoms with Crippen molar-refractivity contribution in [2.45, 2.75) is 6.92 Å². The molecule has 2 heterocycles. The molecule has 110 valence electrons. The van der Waals surface area contributed by atoms with Crippen LogP contribution in [0.4, 0.5) is 11.4 Å². The molecule has 22 heavy (non-hydrogen) atoms. The van der Waals surface area contributed by atoms with Crippen molar-refractivity contribution >= 4 is 28.6 Å². The van der Waals surface area contributed by atoms with Gasteiger partial charge in [0.25, 0.3) is 5.91 Å². The minimum absolute atomic E-state index is 0.220. The number of hydrogen-bond donors (Lipinski definition) is 2. The third kappa shape index (κ3) is 2.99. The van der Waals surface area contributed by atoms with Gasteiger partial charge in [0, 0.05) is 16.8 Å². The van der Waals surface area contributed by atoms with Crippen LogP contribution in [0.5, 0.6) is 0 Å². The van der Waals surface area contributed by atoms with Crippen LogP contribution in [0, 0.1) is 6.92 Å². The zero-order valence-corrected chi connectivity index (χ0v) is 12.9. The highest BCUT2D eigenvalue weighted by molar-refractivity contribution is 7.13. The zero-order valence-electron chi connectivity index (χ0n) is 12.0. The quantitative estimate of drug-likeness (QED) is 0.720. The summed E-state index contributed by atoms with van der Waals surface area (Å²) in [5, 5.41) is 4.86. The first-order valence-corrected chi connectivity index (χ1v) is 7.69. The molecule has 3 aromatic rings. The van der Waals surface area contributed by atoms with Gasteiger partial charge in [-0.1, -0.05) is 12.1 Å². The molecule has 0 aliphatic carbocycles. The smallest absolute Gasteiger partial charge is 0.257 e. The van der Waals surface area contributed by atoms with E-state index in [-0.39, 0.29) is 5.91 Å². The molecule has 0 fully saturated rings. The first kappa shape index (κ1) is 14.3. The summed E-state index contributed by atoms with van der Waals surface area (Å²) in [5.41, 5.74) is 9.52. The number of aromatic nitrogens is 1. The van der Waals surface area contributed by atoms with Crippen LogP contribution >= 0.6 is 11.3 Å². The van der Waals surface area contributed by atoms with Gasteiger partial charge in [-0.05, 0) is 48.2 Å². The van der Waals surface area contributed by atoms with Crippen LogP contribution in [0.1, 0.15) is 16.1 Å². The van der Waals surface area contributed by atoms with Gasteiger partial charge >= 0.3 is 0 Å². The second-order valence-corrected chi connectivity index (χ2v) is 5.87. The van der Waals surface area contributed by atoms with Crippen molar-refractivity contribution in [3.05, 3.63) is 65.3 Å². The fourth-order valence-electron chi connectivity index (χ4n) is 2.06. The molecule has 0 atom stereocenters. The second-order valence-electron chi connectivity index (χ2n) is 4.92. The number of carbonyl (C=O) groups is 1. The molecule has 0 aliphatic rings. The number of nitrogen functional groups attached to an aromatic ring is 1. The molecule has 0 unspecified atom stereocenters. The summed E-state index contributed by atoms with van der Waals surface area (Å²) < 4.78 is 0. The topological polar surface area (TPSA) is 68.0 Å². The third-order valence-corrected chi connectivity index (χ3v) is 4.20. The highest BCUT2D eigenvalue weighted by Gasteiger charge is 2.10. The molecule has 1 aromatic carbocycles. The molecule has 0 aliphatic heterocycles. The SMILES string of the molecule is Cc1ccc(C(=O)Nc2cc(-c3cccs3)ccc2N)cn1. The van der Waals surface area contributed by atoms with E-state index in [1.54, 1.807) is 35.7 Å². The summed E-state index contributed by atoms with van der Waals surface area (Å²) in [5.74, 6) is -0.220. The number of aryl methyl sites for hydroxylation is 1. The first-order chi connectivity index (χ1) is 10.6. The molecular weight excluding hydrogens is 294 g/mol. The molecule has 0 saturated heterocycles. The average molecular weight is 309 g/mol. The van der Waals surface area contributed by atoms with Crippen LogP contribution in [0.2, 0.25) is 0 Å². The van der Waals surface area contributed by atoms with Gasteiger partial charge in [-0.3, -0.25) is 9.78 Å². The average Bonchev–Trinajstić information content (AvgIpc) is 3.04. The number of carbonyl (C=O) groups excluding carboxylic acids is 1. The van der Waals surface area contributed by atoms with Gasteiger partial charge in [0.1, 0.15) is 0 Å². The van der Waals surface area contributed by atoms with Crippen LogP contribution < -0.4 is 11.1 Å². The van der Waals surface area contributed by atoms with Crippen molar-refractivity contribution in [1.29, 1.82) is 0 Å². The number of pyridine rings is 1. The van der Waals surface area contributed by atoms with Crippen molar-refractivity contribution in [3.8, 4) is 10.4 Å². The summed E-state index contributed by atoms with van der Waals surface area (Å²) in [6.45, 7) is 1.88. The molecule has 0 spiro atoms. The Morgan fingerprint density at radius 2 is 2.09 bits per heavy atom. The molecule has 5 heteroatoms. The van der Waals surface area contributed by atoms with Crippen LogP contribution in [0.15, 0.2) is 54.0 Å². The van der Waals surface area contributed by atoms with Gasteiger partial charge < -0.3 is 11.1 Å². The minimum Gasteiger partial charge on any atom is -0.397 e. The lowest BCUT2D eigenvalue weighted by atomic mass is 10.1. The summed E-state index contributed by atoms with van der Waals surface area (Å²) in [7, 11) is 0. The Balaban J connectivity index is 1.87. The molecule has 3 rings (SSSR count). The van der Waals surface area contributed by atoms with Crippen LogP contribution in [0.3, 0.4) is 0 Å². The second kappa shape index (κ2) is 5.99. The van der Waals surface area contributed by atoms with Crippen molar-refractivity contribution in [1.82, 2.24) is 4.98 Å². The largest absolute Gasteiger partial charge is 0.397 e. The number of nitrogens with zero attached hydrogens (tertiary/aromatic N) is 1. The molecule has 1 amide bonds. The number of nitrogens with two attached hydrogens (primary N) is 1. The minimum atomic E-state index is -0.220. The van der Waals surface area contributed by atoms with Gasteiger partial charge in [0.05, 0.1) is 16.9 Å². The van der Waals surface area contributed by atoms with E-state index in [0.29, 0.717) is 16.9 Å². The van der Waals surface area contributed by atoms with Crippen molar-refractivity contribution in [2.75, 3.05) is 11.1 Å². The molecule has 4 nitrogen and oxygen atoms in total. The third-order valence-electron chi connectivity index (χ3n) is 3.28. The molecule has 2 aromatic heterocycles. The lowest BCUT2D eigenvalue weighted by Crippen LogP contribution is -2.13. The van der Waals surface area contributed by atoms with Crippen LogP contribution in [-0.4, -0.2) is 10.9 Å². The first-order valence-electron chi connectivity index (χ1n) is 6.81. The summed E-state index contributed by atoms with van der Waals surface area (Å²) >= 11 is 1.64. The number of thiophene rings is 1. The Morgan fingerprint density at radius 3 is 2.77 bits per heavy atom. The van der Waals surface area contributed by atoms with Gasteiger partial charge in [-0.25, -0.2) is 0 Å². The van der Waals surface area contributed by atoms with Gasteiger partial charge in [-0.2, -0.15) is 0 Å². The van der Waals surface area contributed by atoms with E-state index in [9.17, 15) is 4.79 Å². The molecule has 0 bridgehead atoms. The summed E-state index contributed by atoms with van der Waals surface area (Å²) in [6.07, 6.45) is 1.56. The Bertz CT molecular complexity index is 795. The maximum Gasteiger partial charge on any atom is 0.257 e. The Kier molecular flexibility index (Phi) is 3.89. The van der Waals surface area contributed by atoms with E-state index >= 15 is 0 Å². The van der Waals surface area contributed by atoms with Gasteiger partial charge in [-0.15, -0.1) is 11.3 Å². The maximum absolute atomic E-state index is 12.3. The number of anilines is 2. The molecular formula is C17H15N3OS. The van der Waals surface area contributed by atoms with E-state index in [4.69, 9.17) is 5.73 Å². The van der Waals surface area contributed by atoms with Crippen LogP contribution in [-0.2, 0) is 0 Å². The predicted octanol–water partition coefficient (Wildman–Crippen LogP) is 3.95. The number of benzene rings is 1. The van der Waals surface area contributed by atoms with Gasteiger partial charge in [0.15, 0.2) is 0 Å². The lowest BCUT2D eigenvalue weighted by molar-refractivity contribution is 0.102. The predicted molar refractivity (Wildman–Crippen MR) is 91.1 cm³/mol. The number of hydrogen-bond acceptors (Lipinski definition) is 4. The Morgan fingerprint density at radius 1 is 1.23 bits per heavy atom. The van der Waals surface area contributed by atoms with E-state index in [1.807, 2.05) is 36.6 Å². The maximum atomic E-state index is 12.3. The van der Waals surface area contributed by atoms with Crippen molar-refractivity contribution in [3.63, 3.8) is 0 Å².